The van der Waals surface area contributed by atoms with Gasteiger partial charge in [-0.15, -0.1) is 0 Å². The molecule has 10 aromatic carbocycles. The molecule has 0 saturated carbocycles. The normalized spacial score (nSPS) is 11.4. The topological polar surface area (TPSA) is 16.4 Å². The van der Waals surface area contributed by atoms with Crippen LogP contribution in [0.25, 0.3) is 88.0 Å². The molecule has 1 heterocycles. The number of fused-ring (bicyclic) bond motifs is 5. The van der Waals surface area contributed by atoms with Crippen molar-refractivity contribution in [1.29, 1.82) is 0 Å². The molecule has 1 aromatic heterocycles. The number of furan rings is 1. The van der Waals surface area contributed by atoms with Crippen molar-refractivity contribution in [2.45, 2.75) is 0 Å². The second-order valence-corrected chi connectivity index (χ2v) is 14.9. The van der Waals surface area contributed by atoms with Gasteiger partial charge in [0.1, 0.15) is 11.2 Å². The molecule has 0 bridgehead atoms. The SMILES string of the molecule is c1ccc(N(c2ccc(-c3cccc4oc5ccccc5c34)cc2)c2ccccc2-c2ccc3ccccc3c2)c(-c2ccc(-c3ccc4ccccc4c3)cc2)c1. The minimum Gasteiger partial charge on any atom is -0.456 e. The fourth-order valence-corrected chi connectivity index (χ4v) is 8.61. The van der Waals surface area contributed by atoms with Crippen molar-refractivity contribution in [3.63, 3.8) is 0 Å². The molecule has 0 radical (unpaired) electrons. The van der Waals surface area contributed by atoms with Crippen molar-refractivity contribution in [2.75, 3.05) is 4.90 Å². The zero-order valence-electron chi connectivity index (χ0n) is 31.7. The van der Waals surface area contributed by atoms with Gasteiger partial charge in [0.25, 0.3) is 0 Å². The molecule has 0 unspecified atom stereocenters. The summed E-state index contributed by atoms with van der Waals surface area (Å²) < 4.78 is 6.27. The van der Waals surface area contributed by atoms with Crippen LogP contribution in [0.15, 0.2) is 229 Å². The molecule has 0 N–H and O–H groups in total. The van der Waals surface area contributed by atoms with Gasteiger partial charge >= 0.3 is 0 Å². The van der Waals surface area contributed by atoms with Crippen molar-refractivity contribution >= 4 is 60.5 Å². The van der Waals surface area contributed by atoms with E-state index in [4.69, 9.17) is 4.42 Å². The number of hydrogen-bond acceptors (Lipinski definition) is 2. The summed E-state index contributed by atoms with van der Waals surface area (Å²) in [5.74, 6) is 0. The van der Waals surface area contributed by atoms with E-state index in [1.165, 1.54) is 38.2 Å². The Morgan fingerprint density at radius 3 is 1.47 bits per heavy atom. The average molecular weight is 740 g/mol. The third kappa shape index (κ3) is 5.91. The summed E-state index contributed by atoms with van der Waals surface area (Å²) in [6.07, 6.45) is 0. The predicted molar refractivity (Wildman–Crippen MR) is 245 cm³/mol. The highest BCUT2D eigenvalue weighted by molar-refractivity contribution is 6.12. The Morgan fingerprint density at radius 1 is 0.293 bits per heavy atom. The molecule has 11 aromatic rings. The molecule has 0 aliphatic heterocycles. The molecule has 0 saturated heterocycles. The van der Waals surface area contributed by atoms with Gasteiger partial charge in [-0.1, -0.05) is 176 Å². The summed E-state index contributed by atoms with van der Waals surface area (Å²) in [4.78, 5) is 2.43. The van der Waals surface area contributed by atoms with Crippen LogP contribution < -0.4 is 4.90 Å². The Morgan fingerprint density at radius 2 is 0.759 bits per heavy atom. The molecular formula is C56H37NO. The first-order valence-electron chi connectivity index (χ1n) is 19.8. The van der Waals surface area contributed by atoms with E-state index in [0.29, 0.717) is 0 Å². The van der Waals surface area contributed by atoms with Crippen LogP contribution >= 0.6 is 0 Å². The number of nitrogens with zero attached hydrogens (tertiary/aromatic N) is 1. The van der Waals surface area contributed by atoms with Crippen molar-refractivity contribution in [1.82, 2.24) is 0 Å². The van der Waals surface area contributed by atoms with E-state index in [0.717, 1.165) is 66.8 Å². The van der Waals surface area contributed by atoms with Crippen LogP contribution in [0.3, 0.4) is 0 Å². The van der Waals surface area contributed by atoms with Crippen LogP contribution in [0.2, 0.25) is 0 Å². The molecule has 0 aliphatic carbocycles. The maximum absolute atomic E-state index is 6.27. The molecule has 0 spiro atoms. The summed E-state index contributed by atoms with van der Waals surface area (Å²) >= 11 is 0. The first-order chi connectivity index (χ1) is 28.7. The molecule has 0 amide bonds. The Labute approximate surface area is 337 Å². The van der Waals surface area contributed by atoms with Crippen LogP contribution in [0.1, 0.15) is 0 Å². The van der Waals surface area contributed by atoms with Gasteiger partial charge in [-0.05, 0) is 103 Å². The standard InChI is InChI=1S/C56H37NO/c1-3-14-43-36-45(30-26-38(43)12-1)40-24-28-41(29-25-40)48-16-5-8-20-52(48)57(53-21-9-6-17-49(53)46-31-27-39-13-2-4-15-44(39)37-46)47-34-32-42(33-35-47)50-19-11-23-55-56(50)51-18-7-10-22-54(51)58-55/h1-37H. The molecule has 2 heteroatoms. The van der Waals surface area contributed by atoms with E-state index in [1.807, 2.05) is 12.1 Å². The molecule has 272 valence electrons. The zero-order chi connectivity index (χ0) is 38.4. The number of hydrogen-bond donors (Lipinski definition) is 0. The van der Waals surface area contributed by atoms with Crippen LogP contribution in [0.5, 0.6) is 0 Å². The lowest BCUT2D eigenvalue weighted by Gasteiger charge is -2.30. The third-order valence-corrected chi connectivity index (χ3v) is 11.5. The van der Waals surface area contributed by atoms with E-state index < -0.39 is 0 Å². The fourth-order valence-electron chi connectivity index (χ4n) is 8.61. The number of benzene rings is 10. The van der Waals surface area contributed by atoms with Crippen molar-refractivity contribution in [3.05, 3.63) is 224 Å². The van der Waals surface area contributed by atoms with Gasteiger partial charge in [-0.2, -0.15) is 0 Å². The average Bonchev–Trinajstić information content (AvgIpc) is 3.69. The summed E-state index contributed by atoms with van der Waals surface area (Å²) in [7, 11) is 0. The lowest BCUT2D eigenvalue weighted by atomic mass is 9.95. The highest BCUT2D eigenvalue weighted by atomic mass is 16.3. The van der Waals surface area contributed by atoms with Crippen molar-refractivity contribution < 1.29 is 4.42 Å². The second kappa shape index (κ2) is 14.1. The number of anilines is 3. The van der Waals surface area contributed by atoms with E-state index in [2.05, 4.69) is 217 Å². The summed E-state index contributed by atoms with van der Waals surface area (Å²) in [5.41, 5.74) is 14.4. The minimum atomic E-state index is 0.897. The van der Waals surface area contributed by atoms with Crippen LogP contribution in [-0.4, -0.2) is 0 Å². The second-order valence-electron chi connectivity index (χ2n) is 14.9. The first-order valence-corrected chi connectivity index (χ1v) is 19.8. The van der Waals surface area contributed by atoms with Gasteiger partial charge in [0.15, 0.2) is 0 Å². The van der Waals surface area contributed by atoms with Crippen LogP contribution in [0, 0.1) is 0 Å². The smallest absolute Gasteiger partial charge is 0.136 e. The zero-order valence-corrected chi connectivity index (χ0v) is 31.7. The van der Waals surface area contributed by atoms with E-state index in [9.17, 15) is 0 Å². The van der Waals surface area contributed by atoms with Gasteiger partial charge in [0.05, 0.1) is 11.4 Å². The van der Waals surface area contributed by atoms with E-state index >= 15 is 0 Å². The van der Waals surface area contributed by atoms with Crippen LogP contribution in [-0.2, 0) is 0 Å². The maximum atomic E-state index is 6.27. The molecule has 0 fully saturated rings. The third-order valence-electron chi connectivity index (χ3n) is 11.5. The Bertz CT molecular complexity index is 3280. The monoisotopic (exact) mass is 739 g/mol. The van der Waals surface area contributed by atoms with Crippen molar-refractivity contribution in [3.8, 4) is 44.5 Å². The minimum absolute atomic E-state index is 0.897. The van der Waals surface area contributed by atoms with Crippen LogP contribution in [0.4, 0.5) is 17.1 Å². The summed E-state index contributed by atoms with van der Waals surface area (Å²) in [6, 6.07) is 80.8. The predicted octanol–water partition coefficient (Wildman–Crippen LogP) is 16.0. The van der Waals surface area contributed by atoms with Gasteiger partial charge < -0.3 is 9.32 Å². The molecule has 2 nitrogen and oxygen atoms in total. The van der Waals surface area contributed by atoms with E-state index in [-0.39, 0.29) is 0 Å². The van der Waals surface area contributed by atoms with Gasteiger partial charge in [-0.3, -0.25) is 0 Å². The highest BCUT2D eigenvalue weighted by Gasteiger charge is 2.21. The molecular weight excluding hydrogens is 703 g/mol. The van der Waals surface area contributed by atoms with Gasteiger partial charge in [0, 0.05) is 27.6 Å². The molecule has 0 aliphatic rings. The Kier molecular flexibility index (Phi) is 8.19. The summed E-state index contributed by atoms with van der Waals surface area (Å²) in [5, 5.41) is 7.22. The quantitative estimate of drug-likeness (QED) is 0.162. The van der Waals surface area contributed by atoms with Gasteiger partial charge in [0.2, 0.25) is 0 Å². The Hall–Kier alpha value is -7.68. The highest BCUT2D eigenvalue weighted by Crippen LogP contribution is 2.46. The van der Waals surface area contributed by atoms with Gasteiger partial charge in [-0.25, -0.2) is 0 Å². The van der Waals surface area contributed by atoms with Crippen molar-refractivity contribution in [2.24, 2.45) is 0 Å². The maximum Gasteiger partial charge on any atom is 0.136 e. The van der Waals surface area contributed by atoms with E-state index in [1.54, 1.807) is 0 Å². The molecule has 58 heavy (non-hydrogen) atoms. The molecule has 0 atom stereocenters. The largest absolute Gasteiger partial charge is 0.456 e. The molecule has 11 rings (SSSR count). The summed E-state index contributed by atoms with van der Waals surface area (Å²) in [6.45, 7) is 0. The lowest BCUT2D eigenvalue weighted by molar-refractivity contribution is 0.669. The lowest BCUT2D eigenvalue weighted by Crippen LogP contribution is -2.12. The number of para-hydroxylation sites is 3. The Balaban J connectivity index is 1.06. The first kappa shape index (κ1) is 33.6. The fraction of sp³-hybridized carbons (Fsp3) is 0. The number of rotatable bonds is 7.